The van der Waals surface area contributed by atoms with E-state index in [4.69, 9.17) is 21.1 Å². The molecule has 100 valence electrons. The van der Waals surface area contributed by atoms with Crippen LogP contribution in [0.2, 0.25) is 0 Å². The summed E-state index contributed by atoms with van der Waals surface area (Å²) in [6, 6.07) is 7.73. The Kier molecular flexibility index (Phi) is 5.14. The third-order valence-electron chi connectivity index (χ3n) is 3.18. The van der Waals surface area contributed by atoms with Crippen molar-refractivity contribution in [3.8, 4) is 11.5 Å². The number of nitrogens with zero attached hydrogens (tertiary/aromatic N) is 1. The Morgan fingerprint density at radius 3 is 2.83 bits per heavy atom. The molecule has 0 radical (unpaired) electrons. The molecule has 1 saturated heterocycles. The molecular formula is C14H20ClNO2. The lowest BCUT2D eigenvalue weighted by Crippen LogP contribution is -2.38. The van der Waals surface area contributed by atoms with Gasteiger partial charge in [-0.2, -0.15) is 0 Å². The van der Waals surface area contributed by atoms with Gasteiger partial charge in [-0.25, -0.2) is 0 Å². The first kappa shape index (κ1) is 13.5. The lowest BCUT2D eigenvalue weighted by molar-refractivity contribution is 0.182. The van der Waals surface area contributed by atoms with Crippen LogP contribution in [0.3, 0.4) is 0 Å². The quantitative estimate of drug-likeness (QED) is 0.768. The van der Waals surface area contributed by atoms with Gasteiger partial charge in [-0.1, -0.05) is 12.1 Å². The summed E-state index contributed by atoms with van der Waals surface area (Å²) in [6.45, 7) is 3.68. The van der Waals surface area contributed by atoms with Crippen molar-refractivity contribution in [2.75, 3.05) is 33.4 Å². The van der Waals surface area contributed by atoms with Gasteiger partial charge in [-0.05, 0) is 31.5 Å². The Bertz CT molecular complexity index is 373. The van der Waals surface area contributed by atoms with Gasteiger partial charge in [0, 0.05) is 18.5 Å². The van der Waals surface area contributed by atoms with E-state index in [2.05, 4.69) is 4.90 Å². The molecule has 1 heterocycles. The smallest absolute Gasteiger partial charge is 0.161 e. The van der Waals surface area contributed by atoms with Gasteiger partial charge in [-0.3, -0.25) is 4.90 Å². The molecule has 0 spiro atoms. The van der Waals surface area contributed by atoms with Crippen molar-refractivity contribution in [1.29, 1.82) is 0 Å². The van der Waals surface area contributed by atoms with E-state index in [0.29, 0.717) is 12.0 Å². The van der Waals surface area contributed by atoms with Crippen molar-refractivity contribution in [2.45, 2.75) is 18.2 Å². The van der Waals surface area contributed by atoms with Crippen LogP contribution >= 0.6 is 11.6 Å². The minimum absolute atomic E-state index is 0.296. The van der Waals surface area contributed by atoms with E-state index in [9.17, 15) is 0 Å². The molecule has 0 aromatic heterocycles. The summed E-state index contributed by atoms with van der Waals surface area (Å²) in [7, 11) is 1.66. The third kappa shape index (κ3) is 3.79. The molecule has 1 aromatic rings. The van der Waals surface area contributed by atoms with Gasteiger partial charge in [0.15, 0.2) is 11.5 Å². The molecule has 1 unspecified atom stereocenters. The molecule has 1 aromatic carbocycles. The van der Waals surface area contributed by atoms with Crippen molar-refractivity contribution in [1.82, 2.24) is 4.90 Å². The van der Waals surface area contributed by atoms with Crippen LogP contribution in [0.15, 0.2) is 24.3 Å². The number of para-hydroxylation sites is 2. The fraction of sp³-hybridized carbons (Fsp3) is 0.571. The zero-order valence-corrected chi connectivity index (χ0v) is 11.5. The number of rotatable bonds is 5. The van der Waals surface area contributed by atoms with Gasteiger partial charge in [0.05, 0.1) is 7.11 Å². The summed E-state index contributed by atoms with van der Waals surface area (Å²) in [6.07, 6.45) is 2.31. The first-order chi connectivity index (χ1) is 8.79. The standard InChI is InChI=1S/C14H20ClNO2/c1-17-13-6-2-3-7-14(13)18-10-9-16-8-4-5-12(15)11-16/h2-3,6-7,12H,4-5,8-11H2,1H3. The molecule has 0 N–H and O–H groups in total. The lowest BCUT2D eigenvalue weighted by Gasteiger charge is -2.29. The largest absolute Gasteiger partial charge is 0.493 e. The van der Waals surface area contributed by atoms with Crippen LogP contribution in [-0.4, -0.2) is 43.6 Å². The SMILES string of the molecule is COc1ccccc1OCCN1CCCC(Cl)C1. The maximum absolute atomic E-state index is 6.15. The minimum atomic E-state index is 0.296. The normalized spacial score (nSPS) is 20.7. The van der Waals surface area contributed by atoms with Crippen LogP contribution in [0.25, 0.3) is 0 Å². The number of halogens is 1. The molecule has 3 nitrogen and oxygen atoms in total. The summed E-state index contributed by atoms with van der Waals surface area (Å²) in [5.41, 5.74) is 0. The number of alkyl halides is 1. The molecule has 1 aliphatic rings. The van der Waals surface area contributed by atoms with E-state index in [0.717, 1.165) is 37.6 Å². The van der Waals surface area contributed by atoms with Crippen LogP contribution in [-0.2, 0) is 0 Å². The number of hydrogen-bond donors (Lipinski definition) is 0. The zero-order chi connectivity index (χ0) is 12.8. The van der Waals surface area contributed by atoms with E-state index >= 15 is 0 Å². The van der Waals surface area contributed by atoms with Gasteiger partial charge in [0.25, 0.3) is 0 Å². The Labute approximate surface area is 114 Å². The number of hydrogen-bond acceptors (Lipinski definition) is 3. The molecule has 2 rings (SSSR count). The summed E-state index contributed by atoms with van der Waals surface area (Å²) in [4.78, 5) is 2.36. The maximum Gasteiger partial charge on any atom is 0.161 e. The predicted molar refractivity (Wildman–Crippen MR) is 73.8 cm³/mol. The van der Waals surface area contributed by atoms with Crippen molar-refractivity contribution >= 4 is 11.6 Å². The molecule has 0 aliphatic carbocycles. The van der Waals surface area contributed by atoms with E-state index < -0.39 is 0 Å². The first-order valence-corrected chi connectivity index (χ1v) is 6.85. The fourth-order valence-corrected chi connectivity index (χ4v) is 2.57. The van der Waals surface area contributed by atoms with Crippen molar-refractivity contribution in [2.24, 2.45) is 0 Å². The maximum atomic E-state index is 6.15. The van der Waals surface area contributed by atoms with Gasteiger partial charge in [-0.15, -0.1) is 11.6 Å². The Morgan fingerprint density at radius 1 is 1.33 bits per heavy atom. The molecule has 1 fully saturated rings. The summed E-state index contributed by atoms with van der Waals surface area (Å²) >= 11 is 6.15. The van der Waals surface area contributed by atoms with E-state index in [1.165, 1.54) is 6.42 Å². The molecule has 18 heavy (non-hydrogen) atoms. The summed E-state index contributed by atoms with van der Waals surface area (Å²) < 4.78 is 11.0. The van der Waals surface area contributed by atoms with E-state index in [1.54, 1.807) is 7.11 Å². The van der Waals surface area contributed by atoms with Gasteiger partial charge in [0.1, 0.15) is 6.61 Å². The molecule has 0 amide bonds. The minimum Gasteiger partial charge on any atom is -0.493 e. The molecule has 4 heteroatoms. The Morgan fingerprint density at radius 2 is 2.11 bits per heavy atom. The average molecular weight is 270 g/mol. The number of piperidine rings is 1. The highest BCUT2D eigenvalue weighted by Gasteiger charge is 2.17. The van der Waals surface area contributed by atoms with Crippen molar-refractivity contribution in [3.05, 3.63) is 24.3 Å². The van der Waals surface area contributed by atoms with Crippen LogP contribution in [0.1, 0.15) is 12.8 Å². The van der Waals surface area contributed by atoms with Gasteiger partial charge >= 0.3 is 0 Å². The third-order valence-corrected chi connectivity index (χ3v) is 3.54. The summed E-state index contributed by atoms with van der Waals surface area (Å²) in [5, 5.41) is 0.296. The number of ether oxygens (including phenoxy) is 2. The summed E-state index contributed by atoms with van der Waals surface area (Å²) in [5.74, 6) is 1.59. The number of methoxy groups -OCH3 is 1. The highest BCUT2D eigenvalue weighted by molar-refractivity contribution is 6.20. The second kappa shape index (κ2) is 6.86. The molecule has 1 aliphatic heterocycles. The fourth-order valence-electron chi connectivity index (χ4n) is 2.22. The topological polar surface area (TPSA) is 21.7 Å². The molecule has 0 bridgehead atoms. The van der Waals surface area contributed by atoms with E-state index in [-0.39, 0.29) is 0 Å². The zero-order valence-electron chi connectivity index (χ0n) is 10.8. The lowest BCUT2D eigenvalue weighted by atomic mass is 10.1. The number of benzene rings is 1. The molecular weight excluding hydrogens is 250 g/mol. The highest BCUT2D eigenvalue weighted by atomic mass is 35.5. The monoisotopic (exact) mass is 269 g/mol. The second-order valence-corrected chi connectivity index (χ2v) is 5.16. The second-order valence-electron chi connectivity index (χ2n) is 4.54. The molecule has 1 atom stereocenters. The van der Waals surface area contributed by atoms with Crippen molar-refractivity contribution in [3.63, 3.8) is 0 Å². The average Bonchev–Trinajstić information content (AvgIpc) is 2.39. The predicted octanol–water partition coefficient (Wildman–Crippen LogP) is 2.78. The number of likely N-dealkylation sites (tertiary alicyclic amines) is 1. The molecule has 0 saturated carbocycles. The van der Waals surface area contributed by atoms with Crippen LogP contribution in [0, 0.1) is 0 Å². The van der Waals surface area contributed by atoms with Gasteiger partial charge in [0.2, 0.25) is 0 Å². The van der Waals surface area contributed by atoms with Crippen LogP contribution in [0.4, 0.5) is 0 Å². The Balaban J connectivity index is 1.77. The Hall–Kier alpha value is -0.930. The van der Waals surface area contributed by atoms with Crippen LogP contribution in [0.5, 0.6) is 11.5 Å². The first-order valence-electron chi connectivity index (χ1n) is 6.42. The van der Waals surface area contributed by atoms with E-state index in [1.807, 2.05) is 24.3 Å². The van der Waals surface area contributed by atoms with Crippen molar-refractivity contribution < 1.29 is 9.47 Å². The van der Waals surface area contributed by atoms with Gasteiger partial charge < -0.3 is 9.47 Å². The van der Waals surface area contributed by atoms with Crippen LogP contribution < -0.4 is 9.47 Å². The highest BCUT2D eigenvalue weighted by Crippen LogP contribution is 2.25.